The predicted octanol–water partition coefficient (Wildman–Crippen LogP) is 2.33. The molecule has 1 aliphatic rings. The normalized spacial score (nSPS) is 15.0. The number of carbonyl (C=O) groups excluding carboxylic acids is 2. The molecule has 2 amide bonds. The topological polar surface area (TPSA) is 128 Å². The van der Waals surface area contributed by atoms with Gasteiger partial charge in [0.25, 0.3) is 5.69 Å². The molecule has 3 N–H and O–H groups in total. The largest absolute Gasteiger partial charge is 0.445 e. The summed E-state index contributed by atoms with van der Waals surface area (Å²) >= 11 is 0. The number of benzene rings is 1. The lowest BCUT2D eigenvalue weighted by Crippen LogP contribution is -2.45. The fourth-order valence-corrected chi connectivity index (χ4v) is 3.07. The Bertz CT molecular complexity index is 659. The Kier molecular flexibility index (Phi) is 8.67. The lowest BCUT2D eigenvalue weighted by atomic mass is 10.1. The highest BCUT2D eigenvalue weighted by atomic mass is 16.6. The lowest BCUT2D eigenvalue weighted by molar-refractivity contribution is -0.384. The number of alkyl carbamates (subject to hydrolysis) is 1. The number of nitro groups is 1. The first-order valence-electron chi connectivity index (χ1n) is 9.65. The number of amides is 2. The second kappa shape index (κ2) is 11.2. The monoisotopic (exact) mass is 392 g/mol. The van der Waals surface area contributed by atoms with Gasteiger partial charge in [0, 0.05) is 31.8 Å². The van der Waals surface area contributed by atoms with E-state index in [0.29, 0.717) is 24.9 Å². The van der Waals surface area contributed by atoms with E-state index in [9.17, 15) is 19.7 Å². The molecule has 1 unspecified atom stereocenters. The van der Waals surface area contributed by atoms with E-state index in [2.05, 4.69) is 5.32 Å². The maximum Gasteiger partial charge on any atom is 0.407 e. The van der Waals surface area contributed by atoms with Gasteiger partial charge in [-0.3, -0.25) is 14.9 Å². The van der Waals surface area contributed by atoms with Gasteiger partial charge in [0.15, 0.2) is 0 Å². The standard InChI is InChI=1S/C19H28N4O5/c20-17(18(24)22-12-4-1-5-13-22)6-2-3-11-21-19(25)28-14-15-7-9-16(10-8-15)23(26)27/h7-10,17H,1-6,11-14,20H2,(H,21,25). The molecule has 0 saturated carbocycles. The molecule has 28 heavy (non-hydrogen) atoms. The second-order valence-corrected chi connectivity index (χ2v) is 6.91. The van der Waals surface area contributed by atoms with Crippen molar-refractivity contribution in [1.29, 1.82) is 0 Å². The van der Waals surface area contributed by atoms with Gasteiger partial charge < -0.3 is 20.7 Å². The van der Waals surface area contributed by atoms with E-state index in [-0.39, 0.29) is 18.2 Å². The van der Waals surface area contributed by atoms with Crippen LogP contribution in [0.4, 0.5) is 10.5 Å². The first-order valence-corrected chi connectivity index (χ1v) is 9.65. The van der Waals surface area contributed by atoms with Gasteiger partial charge in [-0.1, -0.05) is 0 Å². The van der Waals surface area contributed by atoms with Gasteiger partial charge in [0.05, 0.1) is 11.0 Å². The minimum Gasteiger partial charge on any atom is -0.445 e. The highest BCUT2D eigenvalue weighted by Crippen LogP contribution is 2.13. The molecular formula is C19H28N4O5. The molecule has 1 atom stereocenters. The summed E-state index contributed by atoms with van der Waals surface area (Å²) in [6.07, 6.45) is 4.75. The number of nitrogens with zero attached hydrogens (tertiary/aromatic N) is 2. The van der Waals surface area contributed by atoms with Crippen molar-refractivity contribution >= 4 is 17.7 Å². The number of carbonyl (C=O) groups is 2. The molecule has 0 spiro atoms. The Morgan fingerprint density at radius 1 is 1.18 bits per heavy atom. The van der Waals surface area contributed by atoms with Gasteiger partial charge in [-0.2, -0.15) is 0 Å². The average Bonchev–Trinajstić information content (AvgIpc) is 2.72. The number of unbranched alkanes of at least 4 members (excludes halogenated alkanes) is 1. The zero-order chi connectivity index (χ0) is 20.4. The van der Waals surface area contributed by atoms with Gasteiger partial charge in [-0.15, -0.1) is 0 Å². The zero-order valence-corrected chi connectivity index (χ0v) is 16.0. The number of nitro benzene ring substituents is 1. The van der Waals surface area contributed by atoms with Crippen LogP contribution >= 0.6 is 0 Å². The van der Waals surface area contributed by atoms with Crippen LogP contribution in [-0.4, -0.2) is 47.5 Å². The smallest absolute Gasteiger partial charge is 0.407 e. The van der Waals surface area contributed by atoms with Crippen molar-refractivity contribution in [1.82, 2.24) is 10.2 Å². The maximum atomic E-state index is 12.2. The number of likely N-dealkylation sites (tertiary alicyclic amines) is 1. The van der Waals surface area contributed by atoms with Gasteiger partial charge in [-0.05, 0) is 56.2 Å². The van der Waals surface area contributed by atoms with Crippen LogP contribution in [0.5, 0.6) is 0 Å². The summed E-state index contributed by atoms with van der Waals surface area (Å²) in [5.74, 6) is 0.0233. The molecule has 1 aromatic carbocycles. The van der Waals surface area contributed by atoms with Crippen molar-refractivity contribution in [3.05, 3.63) is 39.9 Å². The summed E-state index contributed by atoms with van der Waals surface area (Å²) in [4.78, 5) is 35.9. The van der Waals surface area contributed by atoms with Gasteiger partial charge in [-0.25, -0.2) is 4.79 Å². The first-order chi connectivity index (χ1) is 13.5. The molecule has 1 heterocycles. The molecule has 9 heteroatoms. The van der Waals surface area contributed by atoms with Crippen LogP contribution < -0.4 is 11.1 Å². The fourth-order valence-electron chi connectivity index (χ4n) is 3.07. The number of nitrogens with two attached hydrogens (primary N) is 1. The molecule has 9 nitrogen and oxygen atoms in total. The number of ether oxygens (including phenoxy) is 1. The summed E-state index contributed by atoms with van der Waals surface area (Å²) in [7, 11) is 0. The average molecular weight is 392 g/mol. The van der Waals surface area contributed by atoms with Crippen LogP contribution in [0.3, 0.4) is 0 Å². The summed E-state index contributed by atoms with van der Waals surface area (Å²) in [6.45, 7) is 2.08. The highest BCUT2D eigenvalue weighted by Gasteiger charge is 2.21. The van der Waals surface area contributed by atoms with Crippen molar-refractivity contribution in [3.8, 4) is 0 Å². The van der Waals surface area contributed by atoms with E-state index in [1.54, 1.807) is 12.1 Å². The number of hydrogen-bond donors (Lipinski definition) is 2. The Morgan fingerprint density at radius 3 is 2.50 bits per heavy atom. The minimum atomic E-state index is -0.549. The van der Waals surface area contributed by atoms with E-state index in [1.807, 2.05) is 4.90 Å². The van der Waals surface area contributed by atoms with Crippen molar-refractivity contribution in [2.45, 2.75) is 51.2 Å². The van der Waals surface area contributed by atoms with E-state index in [4.69, 9.17) is 10.5 Å². The van der Waals surface area contributed by atoms with Crippen molar-refractivity contribution in [3.63, 3.8) is 0 Å². The third-order valence-corrected chi connectivity index (χ3v) is 4.71. The van der Waals surface area contributed by atoms with Crippen molar-refractivity contribution in [2.24, 2.45) is 5.73 Å². The molecule has 1 aromatic rings. The quantitative estimate of drug-likeness (QED) is 0.377. The summed E-state index contributed by atoms with van der Waals surface area (Å²) < 4.78 is 5.07. The molecule has 2 rings (SSSR count). The Hall–Kier alpha value is -2.68. The zero-order valence-electron chi connectivity index (χ0n) is 16.0. The molecular weight excluding hydrogens is 364 g/mol. The molecule has 0 radical (unpaired) electrons. The number of non-ortho nitro benzene ring substituents is 1. The molecule has 1 aliphatic heterocycles. The SMILES string of the molecule is NC(CCCCNC(=O)OCc1ccc([N+](=O)[O-])cc1)C(=O)N1CCCCC1. The van der Waals surface area contributed by atoms with Crippen molar-refractivity contribution < 1.29 is 19.2 Å². The van der Waals surface area contributed by atoms with Crippen LogP contribution in [-0.2, 0) is 16.1 Å². The van der Waals surface area contributed by atoms with Crippen LogP contribution in [0.1, 0.15) is 44.1 Å². The van der Waals surface area contributed by atoms with Gasteiger partial charge in [0.2, 0.25) is 5.91 Å². The summed E-state index contributed by atoms with van der Waals surface area (Å²) in [5.41, 5.74) is 6.65. The summed E-state index contributed by atoms with van der Waals surface area (Å²) in [5, 5.41) is 13.2. The second-order valence-electron chi connectivity index (χ2n) is 6.91. The van der Waals surface area contributed by atoms with E-state index in [1.165, 1.54) is 18.6 Å². The minimum absolute atomic E-state index is 0.00909. The third kappa shape index (κ3) is 7.15. The number of piperidine rings is 1. The van der Waals surface area contributed by atoms with E-state index >= 15 is 0 Å². The highest BCUT2D eigenvalue weighted by molar-refractivity contribution is 5.81. The van der Waals surface area contributed by atoms with E-state index in [0.717, 1.165) is 32.4 Å². The number of nitrogens with one attached hydrogen (secondary N) is 1. The first kappa shape index (κ1) is 21.6. The Balaban J connectivity index is 1.55. The summed E-state index contributed by atoms with van der Waals surface area (Å²) in [6, 6.07) is 5.35. The molecule has 1 fully saturated rings. The fraction of sp³-hybridized carbons (Fsp3) is 0.579. The van der Waals surface area contributed by atoms with Gasteiger partial charge >= 0.3 is 6.09 Å². The molecule has 0 aromatic heterocycles. The van der Waals surface area contributed by atoms with Crippen LogP contribution in [0.15, 0.2) is 24.3 Å². The van der Waals surface area contributed by atoms with Crippen LogP contribution in [0.2, 0.25) is 0 Å². The molecule has 154 valence electrons. The third-order valence-electron chi connectivity index (χ3n) is 4.71. The maximum absolute atomic E-state index is 12.2. The number of hydrogen-bond acceptors (Lipinski definition) is 6. The predicted molar refractivity (Wildman–Crippen MR) is 104 cm³/mol. The number of rotatable bonds is 9. The van der Waals surface area contributed by atoms with Crippen LogP contribution in [0.25, 0.3) is 0 Å². The Labute approximate surface area is 164 Å². The Morgan fingerprint density at radius 2 is 1.86 bits per heavy atom. The lowest BCUT2D eigenvalue weighted by Gasteiger charge is -2.29. The van der Waals surface area contributed by atoms with Gasteiger partial charge in [0.1, 0.15) is 6.61 Å². The molecule has 1 saturated heterocycles. The molecule has 0 aliphatic carbocycles. The van der Waals surface area contributed by atoms with E-state index < -0.39 is 17.1 Å². The van der Waals surface area contributed by atoms with Crippen LogP contribution in [0, 0.1) is 10.1 Å². The molecule has 0 bridgehead atoms. The van der Waals surface area contributed by atoms with Crippen molar-refractivity contribution in [2.75, 3.05) is 19.6 Å².